The van der Waals surface area contributed by atoms with Crippen LogP contribution in [0.3, 0.4) is 0 Å². The van der Waals surface area contributed by atoms with E-state index in [1.807, 2.05) is 0 Å². The number of ketones is 2. The molecule has 192 valence electrons. The maximum Gasteiger partial charge on any atom is 0.291 e. The quantitative estimate of drug-likeness (QED) is 0.297. The zero-order valence-electron chi connectivity index (χ0n) is 21.0. The summed E-state index contributed by atoms with van der Waals surface area (Å²) in [6, 6.07) is 11.1. The highest BCUT2D eigenvalue weighted by Gasteiger charge is 2.51. The molecule has 9 heteroatoms. The van der Waals surface area contributed by atoms with Gasteiger partial charge in [0.15, 0.2) is 17.3 Å². The monoisotopic (exact) mass is 497 g/mol. The van der Waals surface area contributed by atoms with Gasteiger partial charge in [-0.05, 0) is 42.0 Å². The molecular formula is C27H33N2O7+. The fourth-order valence-corrected chi connectivity index (χ4v) is 4.98. The Morgan fingerprint density at radius 2 is 1.67 bits per heavy atom. The smallest absolute Gasteiger partial charge is 0.291 e. The number of quaternary nitrogens is 1. The standard InChI is InChI=1S/C27H32N2O7/c1-33-20-8-5-18(6-9-20)25(30)23-24(19-7-10-21(34-2)22(17-19)35-3)29(27(32)26(23)31)12-4-11-28-13-15-36-16-14-28/h5-10,17,23-24H,4,11-16H2,1-3H3/p+1. The van der Waals surface area contributed by atoms with Crippen molar-refractivity contribution in [1.29, 1.82) is 0 Å². The van der Waals surface area contributed by atoms with Crippen molar-refractivity contribution < 1.29 is 38.2 Å². The number of likely N-dealkylation sites (tertiary alicyclic amines) is 1. The normalized spacial score (nSPS) is 20.5. The second-order valence-corrected chi connectivity index (χ2v) is 8.96. The van der Waals surface area contributed by atoms with E-state index in [9.17, 15) is 14.4 Å². The van der Waals surface area contributed by atoms with Crippen molar-refractivity contribution in [1.82, 2.24) is 4.90 Å². The number of ether oxygens (including phenoxy) is 4. The van der Waals surface area contributed by atoms with Crippen LogP contribution in [0.1, 0.15) is 28.4 Å². The van der Waals surface area contributed by atoms with Gasteiger partial charge < -0.3 is 28.7 Å². The van der Waals surface area contributed by atoms with E-state index in [4.69, 9.17) is 18.9 Å². The van der Waals surface area contributed by atoms with Crippen LogP contribution in [-0.4, -0.2) is 83.1 Å². The molecule has 2 aliphatic heterocycles. The van der Waals surface area contributed by atoms with Crippen molar-refractivity contribution in [2.75, 3.05) is 60.7 Å². The Morgan fingerprint density at radius 3 is 2.31 bits per heavy atom. The van der Waals surface area contributed by atoms with Gasteiger partial charge in [-0.15, -0.1) is 0 Å². The Kier molecular flexibility index (Phi) is 8.22. The van der Waals surface area contributed by atoms with E-state index in [0.29, 0.717) is 41.3 Å². The van der Waals surface area contributed by atoms with E-state index < -0.39 is 29.4 Å². The number of morpholine rings is 1. The van der Waals surface area contributed by atoms with Crippen LogP contribution >= 0.6 is 0 Å². The highest BCUT2D eigenvalue weighted by molar-refractivity contribution is 6.44. The molecule has 2 aromatic rings. The van der Waals surface area contributed by atoms with Gasteiger partial charge in [-0.1, -0.05) is 6.07 Å². The van der Waals surface area contributed by atoms with Crippen LogP contribution in [0, 0.1) is 5.92 Å². The molecule has 0 spiro atoms. The molecule has 0 radical (unpaired) electrons. The van der Waals surface area contributed by atoms with Gasteiger partial charge in [0.2, 0.25) is 5.78 Å². The highest BCUT2D eigenvalue weighted by atomic mass is 16.5. The number of rotatable bonds is 10. The van der Waals surface area contributed by atoms with Gasteiger partial charge in [-0.25, -0.2) is 0 Å². The largest absolute Gasteiger partial charge is 0.497 e. The molecule has 0 bridgehead atoms. The Labute approximate surface area is 210 Å². The van der Waals surface area contributed by atoms with E-state index >= 15 is 0 Å². The van der Waals surface area contributed by atoms with E-state index in [-0.39, 0.29) is 0 Å². The van der Waals surface area contributed by atoms with Gasteiger partial charge in [0.1, 0.15) is 24.8 Å². The first-order chi connectivity index (χ1) is 17.5. The van der Waals surface area contributed by atoms with Gasteiger partial charge in [-0.3, -0.25) is 14.4 Å². The van der Waals surface area contributed by atoms with Crippen molar-refractivity contribution in [3.8, 4) is 17.2 Å². The molecule has 2 atom stereocenters. The lowest BCUT2D eigenvalue weighted by molar-refractivity contribution is -0.908. The summed E-state index contributed by atoms with van der Waals surface area (Å²) in [7, 11) is 4.60. The first-order valence-corrected chi connectivity index (χ1v) is 12.1. The first kappa shape index (κ1) is 25.7. The molecule has 2 fully saturated rings. The van der Waals surface area contributed by atoms with Crippen molar-refractivity contribution in [2.24, 2.45) is 5.92 Å². The minimum atomic E-state index is -1.15. The third kappa shape index (κ3) is 5.22. The predicted molar refractivity (Wildman–Crippen MR) is 131 cm³/mol. The molecule has 9 nitrogen and oxygen atoms in total. The SMILES string of the molecule is COc1ccc(C(=O)C2C(=O)C(=O)N(CCC[NH+]3CCOCC3)C2c2ccc(OC)c(OC)c2)cc1. The number of carbonyl (C=O) groups is 3. The van der Waals surface area contributed by atoms with E-state index in [1.54, 1.807) is 54.5 Å². The van der Waals surface area contributed by atoms with Gasteiger partial charge in [0.05, 0.1) is 47.1 Å². The number of nitrogens with zero attached hydrogens (tertiary/aromatic N) is 1. The number of benzene rings is 2. The Bertz CT molecular complexity index is 1100. The van der Waals surface area contributed by atoms with E-state index in [0.717, 1.165) is 32.8 Å². The summed E-state index contributed by atoms with van der Waals surface area (Å²) >= 11 is 0. The van der Waals surface area contributed by atoms with E-state index in [2.05, 4.69) is 0 Å². The van der Waals surface area contributed by atoms with Gasteiger partial charge in [-0.2, -0.15) is 0 Å². The minimum Gasteiger partial charge on any atom is -0.497 e. The van der Waals surface area contributed by atoms with Crippen molar-refractivity contribution >= 4 is 17.5 Å². The molecule has 2 unspecified atom stereocenters. The molecule has 1 amide bonds. The fourth-order valence-electron chi connectivity index (χ4n) is 4.98. The number of hydrogen-bond acceptors (Lipinski definition) is 7. The summed E-state index contributed by atoms with van der Waals surface area (Å²) in [5.74, 6) is -1.26. The summed E-state index contributed by atoms with van der Waals surface area (Å²) in [5, 5.41) is 0. The number of methoxy groups -OCH3 is 3. The molecule has 0 saturated carbocycles. The highest BCUT2D eigenvalue weighted by Crippen LogP contribution is 2.41. The summed E-state index contributed by atoms with van der Waals surface area (Å²) < 4.78 is 21.4. The Hall–Kier alpha value is -3.43. The number of hydrogen-bond donors (Lipinski definition) is 1. The number of Topliss-reactive ketones (excluding diaryl/α,β-unsaturated/α-hetero) is 2. The summed E-state index contributed by atoms with van der Waals surface area (Å²) in [5.41, 5.74) is 1.00. The van der Waals surface area contributed by atoms with Crippen LogP contribution in [-0.2, 0) is 14.3 Å². The van der Waals surface area contributed by atoms with Crippen molar-refractivity contribution in [3.05, 3.63) is 53.6 Å². The van der Waals surface area contributed by atoms with Crippen LogP contribution in [0.15, 0.2) is 42.5 Å². The molecule has 0 aliphatic carbocycles. The average molecular weight is 498 g/mol. The number of nitrogens with one attached hydrogen (secondary N) is 1. The zero-order chi connectivity index (χ0) is 25.7. The van der Waals surface area contributed by atoms with E-state index in [1.165, 1.54) is 19.1 Å². The Morgan fingerprint density at radius 1 is 0.972 bits per heavy atom. The van der Waals surface area contributed by atoms with Crippen LogP contribution < -0.4 is 19.1 Å². The Balaban J connectivity index is 1.65. The van der Waals surface area contributed by atoms with Gasteiger partial charge >= 0.3 is 0 Å². The fraction of sp³-hybridized carbons (Fsp3) is 0.444. The lowest BCUT2D eigenvalue weighted by Gasteiger charge is -2.29. The predicted octanol–water partition coefficient (Wildman–Crippen LogP) is 0.969. The molecule has 1 N–H and O–H groups in total. The maximum absolute atomic E-state index is 13.6. The summed E-state index contributed by atoms with van der Waals surface area (Å²) in [4.78, 5) is 43.1. The molecule has 36 heavy (non-hydrogen) atoms. The molecule has 2 aromatic carbocycles. The van der Waals surface area contributed by atoms with Crippen LogP contribution in [0.25, 0.3) is 0 Å². The zero-order valence-corrected chi connectivity index (χ0v) is 21.0. The molecule has 0 aromatic heterocycles. The second-order valence-electron chi connectivity index (χ2n) is 8.96. The maximum atomic E-state index is 13.6. The lowest BCUT2D eigenvalue weighted by atomic mass is 9.86. The van der Waals surface area contributed by atoms with Crippen LogP contribution in [0.4, 0.5) is 0 Å². The van der Waals surface area contributed by atoms with Crippen LogP contribution in [0.5, 0.6) is 17.2 Å². The molecule has 4 rings (SSSR count). The molecule has 2 saturated heterocycles. The van der Waals surface area contributed by atoms with Crippen molar-refractivity contribution in [3.63, 3.8) is 0 Å². The van der Waals surface area contributed by atoms with Gasteiger partial charge in [0, 0.05) is 18.5 Å². The van der Waals surface area contributed by atoms with Gasteiger partial charge in [0.25, 0.3) is 5.91 Å². The third-order valence-corrected chi connectivity index (χ3v) is 6.94. The second kappa shape index (κ2) is 11.5. The molecule has 2 aliphatic rings. The topological polar surface area (TPSA) is 95.8 Å². The summed E-state index contributed by atoms with van der Waals surface area (Å²) in [6.07, 6.45) is 0.710. The number of carbonyl (C=O) groups excluding carboxylic acids is 3. The van der Waals surface area contributed by atoms with Crippen molar-refractivity contribution in [2.45, 2.75) is 12.5 Å². The average Bonchev–Trinajstić information content (AvgIpc) is 3.18. The molecule has 2 heterocycles. The van der Waals surface area contributed by atoms with Crippen LogP contribution in [0.2, 0.25) is 0 Å². The third-order valence-electron chi connectivity index (χ3n) is 6.94. The number of amides is 1. The first-order valence-electron chi connectivity index (χ1n) is 12.1. The summed E-state index contributed by atoms with van der Waals surface area (Å²) in [6.45, 7) is 4.53. The lowest BCUT2D eigenvalue weighted by Crippen LogP contribution is -3.14. The minimum absolute atomic E-state index is 0.354. The molecular weight excluding hydrogens is 464 g/mol.